The van der Waals surface area contributed by atoms with E-state index in [9.17, 15) is 4.79 Å². The summed E-state index contributed by atoms with van der Waals surface area (Å²) in [6, 6.07) is 0. The fourth-order valence-electron chi connectivity index (χ4n) is 1.04. The van der Waals surface area contributed by atoms with Crippen LogP contribution in [0, 0.1) is 5.92 Å². The van der Waals surface area contributed by atoms with Gasteiger partial charge in [0.2, 0.25) is 0 Å². The van der Waals surface area contributed by atoms with Gasteiger partial charge in [-0.15, -0.1) is 11.6 Å². The van der Waals surface area contributed by atoms with E-state index in [0.717, 1.165) is 6.42 Å². The number of hydrogen-bond acceptors (Lipinski definition) is 1. The molecule has 1 atom stereocenters. The third-order valence-corrected chi connectivity index (χ3v) is 2.16. The smallest absolute Gasteiger partial charge is 0.173 e. The van der Waals surface area contributed by atoms with E-state index in [2.05, 4.69) is 13.8 Å². The Bertz CT molecular complexity index is 182. The van der Waals surface area contributed by atoms with Crippen molar-refractivity contribution in [3.63, 3.8) is 0 Å². The topological polar surface area (TPSA) is 17.1 Å². The lowest BCUT2D eigenvalue weighted by molar-refractivity contribution is -0.113. The lowest BCUT2D eigenvalue weighted by atomic mass is 10.0. The first-order valence-corrected chi connectivity index (χ1v) is 3.93. The molecule has 0 aromatic heterocycles. The van der Waals surface area contributed by atoms with E-state index in [4.69, 9.17) is 11.6 Å². The van der Waals surface area contributed by atoms with Gasteiger partial charge in [-0.3, -0.25) is 4.79 Å². The molecular weight excluding hydrogens is 148 g/mol. The molecule has 0 saturated carbocycles. The van der Waals surface area contributed by atoms with E-state index in [0.29, 0.717) is 5.92 Å². The highest BCUT2D eigenvalue weighted by molar-refractivity contribution is 6.34. The normalized spacial score (nSPS) is 25.8. The number of halogens is 1. The van der Waals surface area contributed by atoms with Gasteiger partial charge in [-0.1, -0.05) is 19.4 Å². The molecule has 1 aliphatic carbocycles. The minimum Gasteiger partial charge on any atom is -0.293 e. The second-order valence-corrected chi connectivity index (χ2v) is 3.47. The molecule has 1 rings (SSSR count). The predicted octanol–water partition coefficient (Wildman–Crippen LogP) is 2.15. The first kappa shape index (κ1) is 7.80. The van der Waals surface area contributed by atoms with Crippen molar-refractivity contribution in [1.82, 2.24) is 0 Å². The van der Waals surface area contributed by atoms with Crippen LogP contribution in [0.3, 0.4) is 0 Å². The summed E-state index contributed by atoms with van der Waals surface area (Å²) in [6.07, 6.45) is 2.43. The fraction of sp³-hybridized carbons (Fsp3) is 0.625. The van der Waals surface area contributed by atoms with Crippen LogP contribution >= 0.6 is 11.6 Å². The van der Waals surface area contributed by atoms with Crippen molar-refractivity contribution in [2.75, 3.05) is 0 Å². The Balaban J connectivity index is 2.67. The van der Waals surface area contributed by atoms with E-state index >= 15 is 0 Å². The van der Waals surface area contributed by atoms with E-state index in [1.165, 1.54) is 5.57 Å². The zero-order valence-corrected chi connectivity index (χ0v) is 6.98. The Hall–Kier alpha value is -0.300. The largest absolute Gasteiger partial charge is 0.293 e. The molecule has 0 saturated heterocycles. The van der Waals surface area contributed by atoms with Gasteiger partial charge in [-0.25, -0.2) is 0 Å². The lowest BCUT2D eigenvalue weighted by Gasteiger charge is -2.03. The minimum absolute atomic E-state index is 0.0744. The van der Waals surface area contributed by atoms with E-state index in [1.807, 2.05) is 0 Å². The van der Waals surface area contributed by atoms with Crippen molar-refractivity contribution in [2.24, 2.45) is 5.92 Å². The number of carbonyl (C=O) groups excluding carboxylic acids is 1. The molecular formula is C8H11ClO. The first-order valence-electron chi connectivity index (χ1n) is 3.49. The summed E-state index contributed by atoms with van der Waals surface area (Å²) in [7, 11) is 0. The summed E-state index contributed by atoms with van der Waals surface area (Å²) < 4.78 is 0. The molecule has 56 valence electrons. The number of allylic oxidation sites excluding steroid dienone is 2. The molecule has 0 radical (unpaired) electrons. The van der Waals surface area contributed by atoms with Crippen LogP contribution in [0.5, 0.6) is 0 Å². The van der Waals surface area contributed by atoms with Crippen LogP contribution < -0.4 is 0 Å². The van der Waals surface area contributed by atoms with Gasteiger partial charge in [-0.05, 0) is 18.4 Å². The summed E-state index contributed by atoms with van der Waals surface area (Å²) in [6.45, 7) is 4.15. The van der Waals surface area contributed by atoms with Crippen molar-refractivity contribution >= 4 is 17.4 Å². The summed E-state index contributed by atoms with van der Waals surface area (Å²) in [4.78, 5) is 10.9. The molecule has 2 heteroatoms. The number of hydrogen-bond donors (Lipinski definition) is 0. The van der Waals surface area contributed by atoms with Gasteiger partial charge < -0.3 is 0 Å². The quantitative estimate of drug-likeness (QED) is 0.535. The molecule has 1 unspecified atom stereocenters. The molecule has 0 fully saturated rings. The van der Waals surface area contributed by atoms with Gasteiger partial charge >= 0.3 is 0 Å². The Morgan fingerprint density at radius 3 is 2.50 bits per heavy atom. The van der Waals surface area contributed by atoms with Gasteiger partial charge in [0.05, 0.1) is 5.38 Å². The highest BCUT2D eigenvalue weighted by atomic mass is 35.5. The summed E-state index contributed by atoms with van der Waals surface area (Å²) in [5.41, 5.74) is 1.19. The summed E-state index contributed by atoms with van der Waals surface area (Å²) in [5, 5.41) is -0.280. The van der Waals surface area contributed by atoms with Crippen LogP contribution in [0.2, 0.25) is 0 Å². The van der Waals surface area contributed by atoms with Crippen LogP contribution in [-0.4, -0.2) is 11.2 Å². The fourth-order valence-corrected chi connectivity index (χ4v) is 1.28. The molecule has 1 aliphatic rings. The van der Waals surface area contributed by atoms with Crippen molar-refractivity contribution < 1.29 is 4.79 Å². The highest BCUT2D eigenvalue weighted by Gasteiger charge is 2.23. The van der Waals surface area contributed by atoms with Crippen molar-refractivity contribution in [3.05, 3.63) is 11.6 Å². The molecule has 0 spiro atoms. The molecule has 10 heavy (non-hydrogen) atoms. The van der Waals surface area contributed by atoms with Crippen LogP contribution in [0.4, 0.5) is 0 Å². The zero-order valence-electron chi connectivity index (χ0n) is 6.23. The van der Waals surface area contributed by atoms with Crippen LogP contribution in [0.25, 0.3) is 0 Å². The van der Waals surface area contributed by atoms with Crippen LogP contribution in [0.15, 0.2) is 11.6 Å². The third-order valence-electron chi connectivity index (χ3n) is 1.79. The first-order chi connectivity index (χ1) is 4.61. The van der Waals surface area contributed by atoms with E-state index in [-0.39, 0.29) is 11.2 Å². The summed E-state index contributed by atoms with van der Waals surface area (Å²) >= 11 is 5.70. The van der Waals surface area contributed by atoms with E-state index < -0.39 is 0 Å². The molecule has 1 nitrogen and oxygen atoms in total. The maximum atomic E-state index is 10.9. The monoisotopic (exact) mass is 158 g/mol. The molecule has 0 aromatic rings. The predicted molar refractivity (Wildman–Crippen MR) is 42.2 cm³/mol. The zero-order chi connectivity index (χ0) is 7.72. The van der Waals surface area contributed by atoms with Crippen molar-refractivity contribution in [1.29, 1.82) is 0 Å². The average molecular weight is 159 g/mol. The second-order valence-electron chi connectivity index (χ2n) is 2.95. The number of rotatable bonds is 1. The minimum atomic E-state index is -0.280. The Morgan fingerprint density at radius 1 is 1.70 bits per heavy atom. The Kier molecular flexibility index (Phi) is 2.14. The Labute approximate surface area is 66.1 Å². The molecule has 0 aliphatic heterocycles. The number of ketones is 1. The van der Waals surface area contributed by atoms with Gasteiger partial charge in [-0.2, -0.15) is 0 Å². The maximum absolute atomic E-state index is 10.9. The van der Waals surface area contributed by atoms with Gasteiger partial charge in [0, 0.05) is 0 Å². The molecule has 0 aromatic carbocycles. The van der Waals surface area contributed by atoms with Crippen LogP contribution in [0.1, 0.15) is 20.3 Å². The van der Waals surface area contributed by atoms with Crippen molar-refractivity contribution in [2.45, 2.75) is 25.6 Å². The average Bonchev–Trinajstić information content (AvgIpc) is 2.13. The van der Waals surface area contributed by atoms with Gasteiger partial charge in [0.25, 0.3) is 0 Å². The summed E-state index contributed by atoms with van der Waals surface area (Å²) in [5.74, 6) is 0.540. The SMILES string of the molecule is CC(C)C1=CC(=O)C(Cl)C1. The maximum Gasteiger partial charge on any atom is 0.173 e. The van der Waals surface area contributed by atoms with Gasteiger partial charge in [0.1, 0.15) is 0 Å². The second kappa shape index (κ2) is 2.75. The highest BCUT2D eigenvalue weighted by Crippen LogP contribution is 2.25. The van der Waals surface area contributed by atoms with Crippen LogP contribution in [-0.2, 0) is 4.79 Å². The number of carbonyl (C=O) groups is 1. The van der Waals surface area contributed by atoms with Crippen molar-refractivity contribution in [3.8, 4) is 0 Å². The van der Waals surface area contributed by atoms with Gasteiger partial charge in [0.15, 0.2) is 5.78 Å². The number of alkyl halides is 1. The lowest BCUT2D eigenvalue weighted by Crippen LogP contribution is -2.04. The molecule has 0 bridgehead atoms. The Morgan fingerprint density at radius 2 is 2.30 bits per heavy atom. The molecule has 0 N–H and O–H groups in total. The standard InChI is InChI=1S/C8H11ClO/c1-5(2)6-3-7(9)8(10)4-6/h4-5,7H,3H2,1-2H3. The third kappa shape index (κ3) is 1.40. The van der Waals surface area contributed by atoms with E-state index in [1.54, 1.807) is 6.08 Å². The molecule has 0 amide bonds. The molecule has 0 heterocycles.